The highest BCUT2D eigenvalue weighted by molar-refractivity contribution is 5.76. The van der Waals surface area contributed by atoms with E-state index in [1.807, 2.05) is 0 Å². The molecule has 0 aromatic heterocycles. The van der Waals surface area contributed by atoms with Crippen LogP contribution in [0, 0.1) is 0 Å². The van der Waals surface area contributed by atoms with Crippen molar-refractivity contribution in [3.8, 4) is 0 Å². The first-order valence-electron chi connectivity index (χ1n) is 2.54. The van der Waals surface area contributed by atoms with Gasteiger partial charge in [-0.3, -0.25) is 0 Å². The zero-order valence-corrected chi connectivity index (χ0v) is 5.22. The van der Waals surface area contributed by atoms with Crippen LogP contribution in [0.1, 0.15) is 13.3 Å². The molecular weight excluding hydrogens is 123 g/mol. The Balaban J connectivity index is 4.00. The molecular formula is C6H9FO2. The summed E-state index contributed by atoms with van der Waals surface area (Å²) in [4.78, 5) is 9.99. The van der Waals surface area contributed by atoms with Crippen LogP contribution in [0.25, 0.3) is 0 Å². The highest BCUT2D eigenvalue weighted by Crippen LogP contribution is 2.14. The Kier molecular flexibility index (Phi) is 2.37. The second-order valence-electron chi connectivity index (χ2n) is 2.00. The zero-order chi connectivity index (χ0) is 7.49. The van der Waals surface area contributed by atoms with Crippen molar-refractivity contribution in [3.63, 3.8) is 0 Å². The number of carbonyl (C=O) groups is 1. The third-order valence-corrected chi connectivity index (χ3v) is 0.974. The maximum absolute atomic E-state index is 12.5. The molecule has 2 nitrogen and oxygen atoms in total. The molecule has 3 heteroatoms. The molecule has 0 aromatic carbocycles. The SMILES string of the molecule is C=CC[C@](C)(F)C(=O)O. The van der Waals surface area contributed by atoms with Crippen LogP contribution >= 0.6 is 0 Å². The van der Waals surface area contributed by atoms with Gasteiger partial charge in [-0.15, -0.1) is 6.58 Å². The molecule has 0 aliphatic heterocycles. The number of aliphatic carboxylic acids is 1. The first-order chi connectivity index (χ1) is 4.00. The summed E-state index contributed by atoms with van der Waals surface area (Å²) >= 11 is 0. The number of allylic oxidation sites excluding steroid dienone is 1. The maximum atomic E-state index is 12.5. The number of alkyl halides is 1. The average molecular weight is 132 g/mol. The summed E-state index contributed by atoms with van der Waals surface area (Å²) in [5.74, 6) is -1.44. The van der Waals surface area contributed by atoms with Gasteiger partial charge < -0.3 is 5.11 Å². The number of carboxylic acid groups (broad SMARTS) is 1. The van der Waals surface area contributed by atoms with Gasteiger partial charge in [-0.25, -0.2) is 9.18 Å². The molecule has 0 aromatic rings. The lowest BCUT2D eigenvalue weighted by atomic mass is 10.1. The smallest absolute Gasteiger partial charge is 0.341 e. The van der Waals surface area contributed by atoms with E-state index in [4.69, 9.17) is 5.11 Å². The average Bonchev–Trinajstić information content (AvgIpc) is 1.65. The topological polar surface area (TPSA) is 37.3 Å². The van der Waals surface area contributed by atoms with Crippen LogP contribution in [0.2, 0.25) is 0 Å². The third kappa shape index (κ3) is 2.26. The Morgan fingerprint density at radius 2 is 2.44 bits per heavy atom. The molecule has 0 bridgehead atoms. The molecule has 0 rings (SSSR count). The predicted octanol–water partition coefficient (Wildman–Crippen LogP) is 1.38. The predicted molar refractivity (Wildman–Crippen MR) is 32.0 cm³/mol. The first kappa shape index (κ1) is 8.14. The number of rotatable bonds is 3. The van der Waals surface area contributed by atoms with Crippen LogP contribution in [0.3, 0.4) is 0 Å². The molecule has 0 aliphatic carbocycles. The molecule has 0 fully saturated rings. The van der Waals surface area contributed by atoms with Gasteiger partial charge in [0.05, 0.1) is 0 Å². The van der Waals surface area contributed by atoms with Gasteiger partial charge >= 0.3 is 5.97 Å². The van der Waals surface area contributed by atoms with Crippen LogP contribution in [-0.2, 0) is 4.79 Å². The van der Waals surface area contributed by atoms with Gasteiger partial charge in [-0.2, -0.15) is 0 Å². The van der Waals surface area contributed by atoms with Crippen LogP contribution in [0.5, 0.6) is 0 Å². The minimum absolute atomic E-state index is 0.150. The van der Waals surface area contributed by atoms with Gasteiger partial charge in [0.1, 0.15) is 0 Å². The fourth-order valence-corrected chi connectivity index (χ4v) is 0.358. The molecule has 0 heterocycles. The minimum Gasteiger partial charge on any atom is -0.479 e. The molecule has 0 saturated carbocycles. The molecule has 1 atom stereocenters. The van der Waals surface area contributed by atoms with E-state index < -0.39 is 11.6 Å². The standard InChI is InChI=1S/C6H9FO2/c1-3-4-6(2,7)5(8)9/h3H,1,4H2,2H3,(H,8,9)/t6-/m0/s1. The van der Waals surface area contributed by atoms with Gasteiger partial charge in [-0.05, 0) is 6.92 Å². The van der Waals surface area contributed by atoms with Gasteiger partial charge in [0.2, 0.25) is 5.67 Å². The normalized spacial score (nSPS) is 16.2. The first-order valence-corrected chi connectivity index (χ1v) is 2.54. The summed E-state index contributed by atoms with van der Waals surface area (Å²) in [6.45, 7) is 4.24. The van der Waals surface area contributed by atoms with E-state index in [2.05, 4.69) is 6.58 Å². The van der Waals surface area contributed by atoms with Crippen LogP contribution in [-0.4, -0.2) is 16.7 Å². The van der Waals surface area contributed by atoms with Crippen LogP contribution in [0.4, 0.5) is 4.39 Å². The van der Waals surface area contributed by atoms with E-state index in [1.54, 1.807) is 0 Å². The van der Waals surface area contributed by atoms with Crippen molar-refractivity contribution in [2.75, 3.05) is 0 Å². The lowest BCUT2D eigenvalue weighted by Crippen LogP contribution is -2.28. The fraction of sp³-hybridized carbons (Fsp3) is 0.500. The number of hydrogen-bond donors (Lipinski definition) is 1. The van der Waals surface area contributed by atoms with Crippen molar-refractivity contribution >= 4 is 5.97 Å². The molecule has 0 saturated heterocycles. The summed E-state index contributed by atoms with van der Waals surface area (Å²) in [5, 5.41) is 8.15. The van der Waals surface area contributed by atoms with E-state index in [1.165, 1.54) is 6.08 Å². The molecule has 52 valence electrons. The summed E-state index contributed by atoms with van der Waals surface area (Å²) in [6, 6.07) is 0. The number of carboxylic acids is 1. The highest BCUT2D eigenvalue weighted by Gasteiger charge is 2.30. The van der Waals surface area contributed by atoms with Crippen molar-refractivity contribution in [2.45, 2.75) is 19.0 Å². The molecule has 0 aliphatic rings. The highest BCUT2D eigenvalue weighted by atomic mass is 19.1. The summed E-state index contributed by atoms with van der Waals surface area (Å²) in [5.41, 5.74) is -2.15. The van der Waals surface area contributed by atoms with Crippen molar-refractivity contribution in [2.24, 2.45) is 0 Å². The van der Waals surface area contributed by atoms with Crippen molar-refractivity contribution < 1.29 is 14.3 Å². The second kappa shape index (κ2) is 2.62. The third-order valence-electron chi connectivity index (χ3n) is 0.974. The Hall–Kier alpha value is -0.860. The molecule has 0 unspecified atom stereocenters. The zero-order valence-electron chi connectivity index (χ0n) is 5.22. The molecule has 1 N–H and O–H groups in total. The van der Waals surface area contributed by atoms with E-state index >= 15 is 0 Å². The van der Waals surface area contributed by atoms with Crippen LogP contribution in [0.15, 0.2) is 12.7 Å². The Labute approximate surface area is 53.0 Å². The van der Waals surface area contributed by atoms with Gasteiger partial charge in [0, 0.05) is 6.42 Å². The van der Waals surface area contributed by atoms with E-state index in [-0.39, 0.29) is 6.42 Å². The summed E-state index contributed by atoms with van der Waals surface area (Å²) in [7, 11) is 0. The summed E-state index contributed by atoms with van der Waals surface area (Å²) < 4.78 is 12.5. The largest absolute Gasteiger partial charge is 0.479 e. The fourth-order valence-electron chi connectivity index (χ4n) is 0.358. The van der Waals surface area contributed by atoms with E-state index in [0.29, 0.717) is 0 Å². The summed E-state index contributed by atoms with van der Waals surface area (Å²) in [6.07, 6.45) is 1.09. The molecule has 0 spiro atoms. The Morgan fingerprint density at radius 3 is 2.56 bits per heavy atom. The van der Waals surface area contributed by atoms with E-state index in [9.17, 15) is 9.18 Å². The Bertz CT molecular complexity index is 129. The van der Waals surface area contributed by atoms with Crippen molar-refractivity contribution in [3.05, 3.63) is 12.7 Å². The molecule has 0 radical (unpaired) electrons. The molecule has 9 heavy (non-hydrogen) atoms. The lowest BCUT2D eigenvalue weighted by molar-refractivity contribution is -0.149. The maximum Gasteiger partial charge on any atom is 0.341 e. The van der Waals surface area contributed by atoms with Gasteiger partial charge in [0.15, 0.2) is 0 Å². The van der Waals surface area contributed by atoms with Crippen LogP contribution < -0.4 is 0 Å². The second-order valence-corrected chi connectivity index (χ2v) is 2.00. The lowest BCUT2D eigenvalue weighted by Gasteiger charge is -2.10. The quantitative estimate of drug-likeness (QED) is 0.589. The van der Waals surface area contributed by atoms with Gasteiger partial charge in [0.25, 0.3) is 0 Å². The molecule has 0 amide bonds. The minimum atomic E-state index is -2.15. The Morgan fingerprint density at radius 1 is 2.00 bits per heavy atom. The van der Waals surface area contributed by atoms with Crippen molar-refractivity contribution in [1.29, 1.82) is 0 Å². The number of halogens is 1. The van der Waals surface area contributed by atoms with Crippen molar-refractivity contribution in [1.82, 2.24) is 0 Å². The monoisotopic (exact) mass is 132 g/mol. The van der Waals surface area contributed by atoms with E-state index in [0.717, 1.165) is 6.92 Å². The number of hydrogen-bond acceptors (Lipinski definition) is 1. The van der Waals surface area contributed by atoms with Gasteiger partial charge in [-0.1, -0.05) is 6.08 Å².